The van der Waals surface area contributed by atoms with E-state index < -0.39 is 0 Å². The summed E-state index contributed by atoms with van der Waals surface area (Å²) >= 11 is 1.43. The molecule has 40 heavy (non-hydrogen) atoms. The van der Waals surface area contributed by atoms with Crippen LogP contribution in [0.4, 0.5) is 5.00 Å². The minimum absolute atomic E-state index is 0.280. The molecule has 0 aliphatic rings. The number of nitrogens with zero attached hydrogens (tertiary/aromatic N) is 2. The molecule has 0 aliphatic carbocycles. The highest BCUT2D eigenvalue weighted by Crippen LogP contribution is 2.40. The summed E-state index contributed by atoms with van der Waals surface area (Å²) in [6.45, 7) is 8.89. The predicted molar refractivity (Wildman–Crippen MR) is 164 cm³/mol. The van der Waals surface area contributed by atoms with Crippen molar-refractivity contribution in [1.82, 2.24) is 4.98 Å². The number of ether oxygens (including phenoxy) is 1. The van der Waals surface area contributed by atoms with Crippen molar-refractivity contribution in [2.75, 3.05) is 11.9 Å². The zero-order valence-corrected chi connectivity index (χ0v) is 23.9. The van der Waals surface area contributed by atoms with Crippen LogP contribution in [0.5, 0.6) is 5.75 Å². The van der Waals surface area contributed by atoms with E-state index in [1.165, 1.54) is 16.9 Å². The number of fused-ring (bicyclic) bond motifs is 1. The largest absolute Gasteiger partial charge is 0.494 e. The van der Waals surface area contributed by atoms with Crippen LogP contribution in [0.3, 0.4) is 0 Å². The van der Waals surface area contributed by atoms with Gasteiger partial charge in [-0.25, -0.2) is 4.98 Å². The van der Waals surface area contributed by atoms with Crippen LogP contribution < -0.4 is 10.1 Å². The second kappa shape index (κ2) is 11.7. The van der Waals surface area contributed by atoms with Gasteiger partial charge in [0.15, 0.2) is 0 Å². The van der Waals surface area contributed by atoms with Crippen molar-refractivity contribution in [1.29, 1.82) is 5.26 Å². The number of benzene rings is 3. The summed E-state index contributed by atoms with van der Waals surface area (Å²) in [6.07, 6.45) is 1.07. The topological polar surface area (TPSA) is 75.0 Å². The van der Waals surface area contributed by atoms with E-state index in [0.29, 0.717) is 34.3 Å². The number of carbonyl (C=O) groups is 1. The summed E-state index contributed by atoms with van der Waals surface area (Å²) in [5.41, 5.74) is 6.35. The standard InChI is InChI=1S/C34H31N3O2S/c1-5-21(3)23-14-16-24(17-15-23)32-22(4)40-34(29(32)20-35)37-33(38)28-19-31(36-30-13-8-7-12-27(28)30)25-10-9-11-26(18-25)39-6-2/h7-19,21H,5-6H2,1-4H3,(H,37,38)/t21-/m0/s1. The third-order valence-electron chi connectivity index (χ3n) is 7.21. The summed E-state index contributed by atoms with van der Waals surface area (Å²) in [6, 6.07) is 27.9. The number of thiophene rings is 1. The Morgan fingerprint density at radius 1 is 1.02 bits per heavy atom. The lowest BCUT2D eigenvalue weighted by molar-refractivity contribution is 0.102. The van der Waals surface area contributed by atoms with Crippen molar-refractivity contribution in [2.24, 2.45) is 0 Å². The molecule has 0 bridgehead atoms. The Morgan fingerprint density at radius 2 is 1.80 bits per heavy atom. The van der Waals surface area contributed by atoms with Gasteiger partial charge in [-0.1, -0.05) is 68.4 Å². The molecule has 0 spiro atoms. The molecule has 0 unspecified atom stereocenters. The van der Waals surface area contributed by atoms with Gasteiger partial charge in [-0.2, -0.15) is 5.26 Å². The summed E-state index contributed by atoms with van der Waals surface area (Å²) in [7, 11) is 0. The van der Waals surface area contributed by atoms with Gasteiger partial charge < -0.3 is 10.1 Å². The average molecular weight is 546 g/mol. The number of carbonyl (C=O) groups excluding carboxylic acids is 1. The maximum absolute atomic E-state index is 13.8. The van der Waals surface area contributed by atoms with Gasteiger partial charge in [0.25, 0.3) is 5.91 Å². The third kappa shape index (κ3) is 5.34. The van der Waals surface area contributed by atoms with Crippen LogP contribution in [-0.4, -0.2) is 17.5 Å². The smallest absolute Gasteiger partial charge is 0.257 e. The summed E-state index contributed by atoms with van der Waals surface area (Å²) in [4.78, 5) is 19.6. The summed E-state index contributed by atoms with van der Waals surface area (Å²) in [5, 5.41) is 14.5. The van der Waals surface area contributed by atoms with E-state index in [4.69, 9.17) is 9.72 Å². The highest BCUT2D eigenvalue weighted by molar-refractivity contribution is 7.17. The number of amides is 1. The molecule has 1 N–H and O–H groups in total. The summed E-state index contributed by atoms with van der Waals surface area (Å²) in [5.74, 6) is 0.945. The van der Waals surface area contributed by atoms with Crippen LogP contribution in [0.25, 0.3) is 33.3 Å². The number of anilines is 1. The Morgan fingerprint density at radius 3 is 2.52 bits per heavy atom. The van der Waals surface area contributed by atoms with Crippen LogP contribution in [0, 0.1) is 18.3 Å². The van der Waals surface area contributed by atoms with Crippen molar-refractivity contribution < 1.29 is 9.53 Å². The fourth-order valence-corrected chi connectivity index (χ4v) is 5.92. The molecular weight excluding hydrogens is 514 g/mol. The van der Waals surface area contributed by atoms with Crippen molar-refractivity contribution >= 4 is 33.1 Å². The fraction of sp³-hybridized carbons (Fsp3) is 0.206. The van der Waals surface area contributed by atoms with E-state index in [2.05, 4.69) is 49.5 Å². The van der Waals surface area contributed by atoms with Crippen LogP contribution in [-0.2, 0) is 0 Å². The first-order chi connectivity index (χ1) is 19.4. The Kier molecular flexibility index (Phi) is 7.95. The highest BCUT2D eigenvalue weighted by atomic mass is 32.1. The molecule has 200 valence electrons. The molecule has 1 atom stereocenters. The first-order valence-electron chi connectivity index (χ1n) is 13.5. The molecule has 0 aliphatic heterocycles. The molecule has 2 aromatic heterocycles. The lowest BCUT2D eigenvalue weighted by atomic mass is 9.95. The Balaban J connectivity index is 1.53. The first kappa shape index (κ1) is 27.1. The van der Waals surface area contributed by atoms with Gasteiger partial charge in [-0.3, -0.25) is 4.79 Å². The molecule has 3 aromatic carbocycles. The molecule has 2 heterocycles. The predicted octanol–water partition coefficient (Wildman–Crippen LogP) is 8.97. The van der Waals surface area contributed by atoms with Crippen molar-refractivity contribution in [3.05, 3.63) is 100 Å². The number of nitriles is 1. The zero-order valence-electron chi connectivity index (χ0n) is 23.1. The molecule has 5 rings (SSSR count). The lowest BCUT2D eigenvalue weighted by Gasteiger charge is -2.11. The zero-order chi connectivity index (χ0) is 28.2. The van der Waals surface area contributed by atoms with Gasteiger partial charge in [-0.15, -0.1) is 11.3 Å². The Labute approximate surface area is 239 Å². The monoisotopic (exact) mass is 545 g/mol. The van der Waals surface area contributed by atoms with Gasteiger partial charge >= 0.3 is 0 Å². The number of nitrogens with one attached hydrogen (secondary N) is 1. The van der Waals surface area contributed by atoms with E-state index in [9.17, 15) is 10.1 Å². The fourth-order valence-electron chi connectivity index (χ4n) is 4.89. The number of aryl methyl sites for hydroxylation is 1. The number of para-hydroxylation sites is 1. The minimum atomic E-state index is -0.280. The van der Waals surface area contributed by atoms with Crippen molar-refractivity contribution in [3.8, 4) is 34.2 Å². The number of hydrogen-bond acceptors (Lipinski definition) is 5. The average Bonchev–Trinajstić information content (AvgIpc) is 3.30. The molecular formula is C34H31N3O2S. The number of hydrogen-bond donors (Lipinski definition) is 1. The molecule has 0 saturated carbocycles. The molecule has 1 amide bonds. The normalized spacial score (nSPS) is 11.7. The van der Waals surface area contributed by atoms with E-state index >= 15 is 0 Å². The van der Waals surface area contributed by atoms with Gasteiger partial charge in [0.1, 0.15) is 16.8 Å². The summed E-state index contributed by atoms with van der Waals surface area (Å²) < 4.78 is 5.68. The molecule has 6 heteroatoms. The SMILES string of the molecule is CCOc1cccc(-c2cc(C(=O)Nc3sc(C)c(-c4ccc([C@@H](C)CC)cc4)c3C#N)c3ccccc3n2)c1. The van der Waals surface area contributed by atoms with Crippen LogP contribution in [0.2, 0.25) is 0 Å². The Bertz CT molecular complexity index is 1730. The maximum atomic E-state index is 13.8. The molecule has 0 fully saturated rings. The van der Waals surface area contributed by atoms with Gasteiger partial charge in [0.05, 0.1) is 28.9 Å². The van der Waals surface area contributed by atoms with E-state index in [-0.39, 0.29) is 5.91 Å². The molecule has 0 radical (unpaired) electrons. The lowest BCUT2D eigenvalue weighted by Crippen LogP contribution is -2.13. The molecule has 0 saturated heterocycles. The number of pyridine rings is 1. The van der Waals surface area contributed by atoms with Crippen LogP contribution in [0.15, 0.2) is 78.9 Å². The van der Waals surface area contributed by atoms with E-state index in [0.717, 1.165) is 44.6 Å². The van der Waals surface area contributed by atoms with Crippen LogP contribution >= 0.6 is 11.3 Å². The first-order valence-corrected chi connectivity index (χ1v) is 14.3. The third-order valence-corrected chi connectivity index (χ3v) is 8.23. The van der Waals surface area contributed by atoms with Gasteiger partial charge in [0, 0.05) is 21.4 Å². The van der Waals surface area contributed by atoms with Crippen molar-refractivity contribution in [3.63, 3.8) is 0 Å². The van der Waals surface area contributed by atoms with Crippen LogP contribution in [0.1, 0.15) is 59.5 Å². The second-order valence-corrected chi connectivity index (χ2v) is 11.0. The molecule has 5 nitrogen and oxygen atoms in total. The maximum Gasteiger partial charge on any atom is 0.257 e. The highest BCUT2D eigenvalue weighted by Gasteiger charge is 2.21. The quantitative estimate of drug-likeness (QED) is 0.211. The number of aromatic nitrogens is 1. The van der Waals surface area contributed by atoms with Gasteiger partial charge in [0.2, 0.25) is 0 Å². The number of rotatable bonds is 8. The Hall–Kier alpha value is -4.47. The van der Waals surface area contributed by atoms with Crippen molar-refractivity contribution in [2.45, 2.75) is 40.0 Å². The van der Waals surface area contributed by atoms with E-state index in [1.807, 2.05) is 68.4 Å². The minimum Gasteiger partial charge on any atom is -0.494 e. The second-order valence-electron chi connectivity index (χ2n) is 9.77. The van der Waals surface area contributed by atoms with Gasteiger partial charge in [-0.05, 0) is 61.6 Å². The molecule has 5 aromatic rings. The van der Waals surface area contributed by atoms with E-state index in [1.54, 1.807) is 0 Å².